The van der Waals surface area contributed by atoms with E-state index >= 15 is 0 Å². The molecule has 3 N–H and O–H groups in total. The maximum Gasteiger partial charge on any atom is 0.263 e. The number of thiophene rings is 1. The van der Waals surface area contributed by atoms with E-state index in [1.165, 1.54) is 30.6 Å². The predicted octanol–water partition coefficient (Wildman–Crippen LogP) is 2.25. The molecule has 1 amide bonds. The van der Waals surface area contributed by atoms with E-state index in [1.54, 1.807) is 6.07 Å². The van der Waals surface area contributed by atoms with Crippen LogP contribution in [0.2, 0.25) is 0 Å². The van der Waals surface area contributed by atoms with E-state index in [2.05, 4.69) is 12.2 Å². The molecule has 0 aromatic carbocycles. The lowest BCUT2D eigenvalue weighted by Crippen LogP contribution is -2.40. The van der Waals surface area contributed by atoms with Crippen molar-refractivity contribution in [3.63, 3.8) is 0 Å². The Morgan fingerprint density at radius 2 is 2.40 bits per heavy atom. The number of hydrogen-bond acceptors (Lipinski definition) is 3. The summed E-state index contributed by atoms with van der Waals surface area (Å²) < 4.78 is 0. The van der Waals surface area contributed by atoms with Crippen molar-refractivity contribution in [1.82, 2.24) is 5.32 Å². The van der Waals surface area contributed by atoms with E-state index in [0.717, 1.165) is 0 Å². The third kappa shape index (κ3) is 2.15. The molecule has 0 bridgehead atoms. The van der Waals surface area contributed by atoms with Crippen LogP contribution in [-0.2, 0) is 0 Å². The molecule has 15 heavy (non-hydrogen) atoms. The number of rotatable bonds is 3. The lowest BCUT2D eigenvalue weighted by Gasteiger charge is -2.31. The first-order valence-corrected chi connectivity index (χ1v) is 6.20. The van der Waals surface area contributed by atoms with Gasteiger partial charge in [-0.05, 0) is 37.1 Å². The van der Waals surface area contributed by atoms with Crippen LogP contribution in [0.1, 0.15) is 35.9 Å². The molecular weight excluding hydrogens is 208 g/mol. The van der Waals surface area contributed by atoms with Crippen molar-refractivity contribution < 1.29 is 4.79 Å². The fourth-order valence-electron chi connectivity index (χ4n) is 1.83. The third-order valence-electron chi connectivity index (χ3n) is 3.12. The first-order valence-electron chi connectivity index (χ1n) is 5.32. The topological polar surface area (TPSA) is 55.1 Å². The zero-order chi connectivity index (χ0) is 10.8. The summed E-state index contributed by atoms with van der Waals surface area (Å²) in [6.07, 6.45) is 3.77. The molecular formula is C11H16N2OS. The Kier molecular flexibility index (Phi) is 2.95. The maximum atomic E-state index is 11.8. The number of carbonyl (C=O) groups excluding carboxylic acids is 1. The Hall–Kier alpha value is -1.03. The molecule has 1 aromatic rings. The molecule has 4 heteroatoms. The summed E-state index contributed by atoms with van der Waals surface area (Å²) in [5.41, 5.74) is 6.27. The molecule has 0 saturated heterocycles. The largest absolute Gasteiger partial charge is 0.397 e. The fourth-order valence-corrected chi connectivity index (χ4v) is 2.55. The van der Waals surface area contributed by atoms with Gasteiger partial charge in [-0.2, -0.15) is 0 Å². The quantitative estimate of drug-likeness (QED) is 0.827. The van der Waals surface area contributed by atoms with Crippen molar-refractivity contribution in [3.05, 3.63) is 16.3 Å². The van der Waals surface area contributed by atoms with Gasteiger partial charge in [0.2, 0.25) is 0 Å². The Bertz CT molecular complexity index is 357. The lowest BCUT2D eigenvalue weighted by molar-refractivity contribution is 0.0914. The van der Waals surface area contributed by atoms with E-state index in [-0.39, 0.29) is 11.9 Å². The molecule has 1 saturated carbocycles. The molecule has 2 rings (SSSR count). The number of nitrogens with two attached hydrogens (primary N) is 1. The van der Waals surface area contributed by atoms with E-state index in [9.17, 15) is 4.79 Å². The minimum Gasteiger partial charge on any atom is -0.397 e. The Morgan fingerprint density at radius 1 is 1.67 bits per heavy atom. The van der Waals surface area contributed by atoms with Crippen molar-refractivity contribution in [3.8, 4) is 0 Å². The van der Waals surface area contributed by atoms with Crippen LogP contribution < -0.4 is 11.1 Å². The van der Waals surface area contributed by atoms with E-state index in [4.69, 9.17) is 5.73 Å². The summed E-state index contributed by atoms with van der Waals surface area (Å²) in [6.45, 7) is 2.07. The van der Waals surface area contributed by atoms with Crippen LogP contribution >= 0.6 is 11.3 Å². The second-order valence-electron chi connectivity index (χ2n) is 4.16. The highest BCUT2D eigenvalue weighted by Crippen LogP contribution is 2.29. The van der Waals surface area contributed by atoms with Crippen molar-refractivity contribution >= 4 is 22.9 Å². The number of amides is 1. The molecule has 1 atom stereocenters. The molecule has 1 unspecified atom stereocenters. The van der Waals surface area contributed by atoms with Crippen LogP contribution in [0.15, 0.2) is 11.4 Å². The molecule has 1 aromatic heterocycles. The summed E-state index contributed by atoms with van der Waals surface area (Å²) in [5, 5.41) is 4.86. The van der Waals surface area contributed by atoms with Gasteiger partial charge in [0, 0.05) is 6.04 Å². The van der Waals surface area contributed by atoms with Crippen molar-refractivity contribution in [1.29, 1.82) is 0 Å². The average molecular weight is 224 g/mol. The molecule has 82 valence electrons. The minimum absolute atomic E-state index is 0.0260. The summed E-state index contributed by atoms with van der Waals surface area (Å²) in [6, 6.07) is 2.04. The van der Waals surface area contributed by atoms with Crippen LogP contribution in [0, 0.1) is 5.92 Å². The normalized spacial score (nSPS) is 18.2. The standard InChI is InChI=1S/C11H16N2OS/c1-7(8-3-2-4-8)13-11(14)10-9(12)5-6-15-10/h5-8H,2-4,12H2,1H3,(H,13,14). The Morgan fingerprint density at radius 3 is 2.87 bits per heavy atom. The van der Waals surface area contributed by atoms with Gasteiger partial charge in [-0.3, -0.25) is 4.79 Å². The number of nitrogen functional groups attached to an aromatic ring is 1. The Balaban J connectivity index is 1.94. The number of anilines is 1. The SMILES string of the molecule is CC(NC(=O)c1sccc1N)C1CCC1. The molecule has 1 aliphatic rings. The van der Waals surface area contributed by atoms with E-state index in [1.807, 2.05) is 5.38 Å². The first-order chi connectivity index (χ1) is 7.18. The molecule has 0 spiro atoms. The zero-order valence-electron chi connectivity index (χ0n) is 8.82. The van der Waals surface area contributed by atoms with Gasteiger partial charge in [0.15, 0.2) is 0 Å². The molecule has 1 fully saturated rings. The second-order valence-corrected chi connectivity index (χ2v) is 5.07. The van der Waals surface area contributed by atoms with Crippen LogP contribution in [0.4, 0.5) is 5.69 Å². The molecule has 1 heterocycles. The minimum atomic E-state index is -0.0260. The summed E-state index contributed by atoms with van der Waals surface area (Å²) in [7, 11) is 0. The summed E-state index contributed by atoms with van der Waals surface area (Å²) in [4.78, 5) is 12.4. The van der Waals surface area contributed by atoms with E-state index < -0.39 is 0 Å². The van der Waals surface area contributed by atoms with Crippen LogP contribution in [0.5, 0.6) is 0 Å². The van der Waals surface area contributed by atoms with Gasteiger partial charge >= 0.3 is 0 Å². The van der Waals surface area contributed by atoms with Gasteiger partial charge in [-0.25, -0.2) is 0 Å². The van der Waals surface area contributed by atoms with Gasteiger partial charge in [0.1, 0.15) is 4.88 Å². The smallest absolute Gasteiger partial charge is 0.263 e. The average Bonchev–Trinajstić information content (AvgIpc) is 2.47. The highest BCUT2D eigenvalue weighted by Gasteiger charge is 2.25. The van der Waals surface area contributed by atoms with Crippen LogP contribution in [-0.4, -0.2) is 11.9 Å². The molecule has 0 radical (unpaired) electrons. The van der Waals surface area contributed by atoms with Crippen molar-refractivity contribution in [2.24, 2.45) is 5.92 Å². The number of carbonyl (C=O) groups is 1. The highest BCUT2D eigenvalue weighted by molar-refractivity contribution is 7.12. The molecule has 3 nitrogen and oxygen atoms in total. The van der Waals surface area contributed by atoms with Crippen molar-refractivity contribution in [2.45, 2.75) is 32.2 Å². The Labute approximate surface area is 93.7 Å². The summed E-state index contributed by atoms with van der Waals surface area (Å²) >= 11 is 1.40. The number of nitrogens with one attached hydrogen (secondary N) is 1. The molecule has 0 aliphatic heterocycles. The zero-order valence-corrected chi connectivity index (χ0v) is 9.64. The van der Waals surface area contributed by atoms with Gasteiger partial charge in [0.05, 0.1) is 5.69 Å². The van der Waals surface area contributed by atoms with Gasteiger partial charge in [-0.1, -0.05) is 6.42 Å². The van der Waals surface area contributed by atoms with Gasteiger partial charge < -0.3 is 11.1 Å². The van der Waals surface area contributed by atoms with E-state index in [0.29, 0.717) is 16.5 Å². The second kappa shape index (κ2) is 4.23. The number of hydrogen-bond donors (Lipinski definition) is 2. The predicted molar refractivity (Wildman–Crippen MR) is 63.0 cm³/mol. The monoisotopic (exact) mass is 224 g/mol. The van der Waals surface area contributed by atoms with Crippen molar-refractivity contribution in [2.75, 3.05) is 5.73 Å². The first kappa shape index (κ1) is 10.5. The third-order valence-corrected chi connectivity index (χ3v) is 4.05. The van der Waals surface area contributed by atoms with Crippen LogP contribution in [0.3, 0.4) is 0 Å². The summed E-state index contributed by atoms with van der Waals surface area (Å²) in [5.74, 6) is 0.636. The highest BCUT2D eigenvalue weighted by atomic mass is 32.1. The molecule has 1 aliphatic carbocycles. The maximum absolute atomic E-state index is 11.8. The van der Waals surface area contributed by atoms with Gasteiger partial charge in [-0.15, -0.1) is 11.3 Å². The lowest BCUT2D eigenvalue weighted by atomic mass is 9.80. The van der Waals surface area contributed by atoms with Crippen LogP contribution in [0.25, 0.3) is 0 Å². The van der Waals surface area contributed by atoms with Gasteiger partial charge in [0.25, 0.3) is 5.91 Å². The fraction of sp³-hybridized carbons (Fsp3) is 0.545.